The normalized spacial score (nSPS) is 21.4. The van der Waals surface area contributed by atoms with Crippen molar-refractivity contribution in [2.45, 2.75) is 6.42 Å². The van der Waals surface area contributed by atoms with E-state index in [9.17, 15) is 4.79 Å². The van der Waals surface area contributed by atoms with Gasteiger partial charge in [-0.05, 0) is 12.1 Å². The molecule has 3 nitrogen and oxygen atoms in total. The van der Waals surface area contributed by atoms with Gasteiger partial charge in [0.1, 0.15) is 5.69 Å². The van der Waals surface area contributed by atoms with Crippen molar-refractivity contribution in [3.8, 4) is 0 Å². The zero-order valence-electron chi connectivity index (χ0n) is 9.40. The minimum Gasteiger partial charge on any atom is -0.481 e. The quantitative estimate of drug-likeness (QED) is 0.921. The third-order valence-corrected chi connectivity index (χ3v) is 4.40. The van der Waals surface area contributed by atoms with Gasteiger partial charge in [0.05, 0.1) is 16.5 Å². The van der Waals surface area contributed by atoms with Crippen molar-refractivity contribution < 1.29 is 9.90 Å². The molecule has 1 N–H and O–H groups in total. The second-order valence-electron chi connectivity index (χ2n) is 3.98. The summed E-state index contributed by atoms with van der Waals surface area (Å²) in [6.07, 6.45) is 0.105. The van der Waals surface area contributed by atoms with Gasteiger partial charge in [0.2, 0.25) is 0 Å². The first-order valence-corrected chi connectivity index (χ1v) is 7.30. The van der Waals surface area contributed by atoms with E-state index in [0.29, 0.717) is 15.7 Å². The van der Waals surface area contributed by atoms with Gasteiger partial charge in [-0.1, -0.05) is 29.3 Å². The average Bonchev–Trinajstić information content (AvgIpc) is 2.70. The summed E-state index contributed by atoms with van der Waals surface area (Å²) in [7, 11) is 0. The van der Waals surface area contributed by atoms with Crippen LogP contribution in [0, 0.1) is 5.92 Å². The second-order valence-corrected chi connectivity index (χ2v) is 5.83. The van der Waals surface area contributed by atoms with Crippen molar-refractivity contribution in [2.24, 2.45) is 10.9 Å². The standard InChI is InChI=1S/C12H11Cl2NO2S/c13-8-2-1-3-9(14)12(8)15-10-6-18-5-7(10)4-11(16)17/h1-3,7H,4-6H2,(H,16,17)/b15-10+. The van der Waals surface area contributed by atoms with Crippen molar-refractivity contribution in [3.63, 3.8) is 0 Å². The van der Waals surface area contributed by atoms with Gasteiger partial charge in [-0.25, -0.2) is 0 Å². The molecule has 0 saturated carbocycles. The number of hydrogen-bond acceptors (Lipinski definition) is 3. The summed E-state index contributed by atoms with van der Waals surface area (Å²) in [6, 6.07) is 5.20. The van der Waals surface area contributed by atoms with Crippen LogP contribution in [0.3, 0.4) is 0 Å². The number of carbonyl (C=O) groups is 1. The number of benzene rings is 1. The molecule has 0 amide bonds. The molecule has 0 radical (unpaired) electrons. The fourth-order valence-corrected chi connectivity index (χ4v) is 3.47. The van der Waals surface area contributed by atoms with Gasteiger partial charge < -0.3 is 5.11 Å². The maximum Gasteiger partial charge on any atom is 0.304 e. The van der Waals surface area contributed by atoms with Crippen LogP contribution in [0.4, 0.5) is 5.69 Å². The average molecular weight is 304 g/mol. The van der Waals surface area contributed by atoms with E-state index in [1.807, 2.05) is 0 Å². The summed E-state index contributed by atoms with van der Waals surface area (Å²) in [5.74, 6) is 0.687. The van der Waals surface area contributed by atoms with Gasteiger partial charge in [-0.2, -0.15) is 11.8 Å². The molecule has 1 aliphatic heterocycles. The first-order valence-electron chi connectivity index (χ1n) is 5.39. The van der Waals surface area contributed by atoms with Crippen LogP contribution in [0.25, 0.3) is 0 Å². The summed E-state index contributed by atoms with van der Waals surface area (Å²) >= 11 is 13.8. The van der Waals surface area contributed by atoms with E-state index in [1.54, 1.807) is 30.0 Å². The number of carboxylic acid groups (broad SMARTS) is 1. The molecule has 2 rings (SSSR count). The molecule has 0 bridgehead atoms. The molecule has 1 aromatic carbocycles. The van der Waals surface area contributed by atoms with Crippen molar-refractivity contribution >= 4 is 52.3 Å². The Morgan fingerprint density at radius 1 is 1.44 bits per heavy atom. The number of thioether (sulfide) groups is 1. The smallest absolute Gasteiger partial charge is 0.304 e. The largest absolute Gasteiger partial charge is 0.481 e. The number of rotatable bonds is 3. The fourth-order valence-electron chi connectivity index (χ4n) is 1.77. The molecule has 0 spiro atoms. The minimum absolute atomic E-state index is 0.0279. The van der Waals surface area contributed by atoms with Crippen molar-refractivity contribution in [2.75, 3.05) is 11.5 Å². The number of carboxylic acids is 1. The molecule has 1 heterocycles. The number of nitrogens with zero attached hydrogens (tertiary/aromatic N) is 1. The lowest BCUT2D eigenvalue weighted by atomic mass is 10.0. The molecule has 1 aromatic rings. The highest BCUT2D eigenvalue weighted by Gasteiger charge is 2.26. The highest BCUT2D eigenvalue weighted by Crippen LogP contribution is 2.35. The molecule has 96 valence electrons. The number of aliphatic imine (C=N–C) groups is 1. The fraction of sp³-hybridized carbons (Fsp3) is 0.333. The van der Waals surface area contributed by atoms with Crippen LogP contribution in [0.5, 0.6) is 0 Å². The third-order valence-electron chi connectivity index (χ3n) is 2.65. The van der Waals surface area contributed by atoms with Crippen LogP contribution in [0.15, 0.2) is 23.2 Å². The summed E-state index contributed by atoms with van der Waals surface area (Å²) < 4.78 is 0. The van der Waals surface area contributed by atoms with Crippen LogP contribution >= 0.6 is 35.0 Å². The Hall–Kier alpha value is -0.710. The topological polar surface area (TPSA) is 49.7 Å². The molecule has 0 aromatic heterocycles. The van der Waals surface area contributed by atoms with E-state index >= 15 is 0 Å². The Morgan fingerprint density at radius 2 is 2.11 bits per heavy atom. The van der Waals surface area contributed by atoms with E-state index < -0.39 is 5.97 Å². The molecule has 6 heteroatoms. The molecule has 1 atom stereocenters. The Balaban J connectivity index is 2.29. The van der Waals surface area contributed by atoms with Crippen molar-refractivity contribution in [1.82, 2.24) is 0 Å². The molecular weight excluding hydrogens is 293 g/mol. The maximum atomic E-state index is 10.8. The molecular formula is C12H11Cl2NO2S. The van der Waals surface area contributed by atoms with Gasteiger partial charge in [-0.15, -0.1) is 0 Å². The van der Waals surface area contributed by atoms with Gasteiger partial charge in [-0.3, -0.25) is 9.79 Å². The summed E-state index contributed by atoms with van der Waals surface area (Å²) in [6.45, 7) is 0. The molecule has 1 saturated heterocycles. The predicted molar refractivity (Wildman–Crippen MR) is 76.6 cm³/mol. The minimum atomic E-state index is -0.805. The molecule has 0 aliphatic carbocycles. The summed E-state index contributed by atoms with van der Waals surface area (Å²) in [4.78, 5) is 15.2. The molecule has 18 heavy (non-hydrogen) atoms. The zero-order chi connectivity index (χ0) is 13.1. The first-order chi connectivity index (χ1) is 8.58. The van der Waals surface area contributed by atoms with Crippen LogP contribution in [0.1, 0.15) is 6.42 Å². The van der Waals surface area contributed by atoms with E-state index in [0.717, 1.165) is 17.2 Å². The van der Waals surface area contributed by atoms with Crippen LogP contribution < -0.4 is 0 Å². The van der Waals surface area contributed by atoms with Gasteiger partial charge in [0.15, 0.2) is 0 Å². The Labute approximate surface area is 119 Å². The van der Waals surface area contributed by atoms with Gasteiger partial charge >= 0.3 is 5.97 Å². The maximum absolute atomic E-state index is 10.8. The number of hydrogen-bond donors (Lipinski definition) is 1. The molecule has 1 unspecified atom stereocenters. The SMILES string of the molecule is O=C(O)CC1CSC/C1=N\c1c(Cl)cccc1Cl. The van der Waals surface area contributed by atoms with Gasteiger partial charge in [0, 0.05) is 23.1 Å². The van der Waals surface area contributed by atoms with Gasteiger partial charge in [0.25, 0.3) is 0 Å². The van der Waals surface area contributed by atoms with Crippen LogP contribution in [-0.2, 0) is 4.79 Å². The van der Waals surface area contributed by atoms with E-state index in [4.69, 9.17) is 28.3 Å². The highest BCUT2D eigenvalue weighted by molar-refractivity contribution is 8.00. The van der Waals surface area contributed by atoms with E-state index in [1.165, 1.54) is 0 Å². The van der Waals surface area contributed by atoms with Crippen molar-refractivity contribution in [3.05, 3.63) is 28.2 Å². The lowest BCUT2D eigenvalue weighted by Crippen LogP contribution is -2.15. The number of halogens is 2. The van der Waals surface area contributed by atoms with Crippen molar-refractivity contribution in [1.29, 1.82) is 0 Å². The Morgan fingerprint density at radius 3 is 2.72 bits per heavy atom. The summed E-state index contributed by atoms with van der Waals surface area (Å²) in [5.41, 5.74) is 1.39. The van der Waals surface area contributed by atoms with E-state index in [2.05, 4.69) is 4.99 Å². The lowest BCUT2D eigenvalue weighted by Gasteiger charge is -2.08. The monoisotopic (exact) mass is 303 g/mol. The van der Waals surface area contributed by atoms with Crippen LogP contribution in [0.2, 0.25) is 10.0 Å². The Kier molecular flexibility index (Phi) is 4.54. The lowest BCUT2D eigenvalue weighted by molar-refractivity contribution is -0.137. The number of aliphatic carboxylic acids is 1. The third kappa shape index (κ3) is 3.19. The zero-order valence-corrected chi connectivity index (χ0v) is 11.7. The molecule has 1 aliphatic rings. The first kappa shape index (κ1) is 13.7. The predicted octanol–water partition coefficient (Wildman–Crippen LogP) is 3.90. The van der Waals surface area contributed by atoms with E-state index in [-0.39, 0.29) is 12.3 Å². The number of para-hydroxylation sites is 1. The summed E-state index contributed by atoms with van der Waals surface area (Å²) in [5, 5.41) is 9.82. The second kappa shape index (κ2) is 5.95. The highest BCUT2D eigenvalue weighted by atomic mass is 35.5. The molecule has 1 fully saturated rings. The van der Waals surface area contributed by atoms with Crippen LogP contribution in [-0.4, -0.2) is 28.3 Å². The Bertz CT molecular complexity index is 485.